The van der Waals surface area contributed by atoms with Crippen LogP contribution in [0.3, 0.4) is 0 Å². The van der Waals surface area contributed by atoms with Crippen molar-refractivity contribution in [2.75, 3.05) is 13.1 Å². The lowest BCUT2D eigenvalue weighted by Crippen LogP contribution is -2.41. The highest BCUT2D eigenvalue weighted by atomic mass is 19.1. The van der Waals surface area contributed by atoms with E-state index in [0.717, 1.165) is 6.54 Å². The smallest absolute Gasteiger partial charge is 0.223 e. The summed E-state index contributed by atoms with van der Waals surface area (Å²) < 4.78 is 23.5. The highest BCUT2D eigenvalue weighted by Gasteiger charge is 2.07. The molecule has 0 aliphatic rings. The van der Waals surface area contributed by atoms with Crippen LogP contribution in [0.25, 0.3) is 0 Å². The van der Waals surface area contributed by atoms with Crippen LogP contribution in [0.1, 0.15) is 25.6 Å². The van der Waals surface area contributed by atoms with Gasteiger partial charge in [0.1, 0.15) is 24.2 Å². The van der Waals surface area contributed by atoms with E-state index >= 15 is 0 Å². The first-order chi connectivity index (χ1) is 11.6. The molecule has 2 aromatic rings. The summed E-state index contributed by atoms with van der Waals surface area (Å²) in [5, 5.41) is 10.1. The van der Waals surface area contributed by atoms with Crippen LogP contribution in [0.5, 0.6) is 5.75 Å². The van der Waals surface area contributed by atoms with Gasteiger partial charge in [0.2, 0.25) is 5.89 Å². The number of hydrogen-bond donors (Lipinski definition) is 2. The van der Waals surface area contributed by atoms with Crippen molar-refractivity contribution >= 4 is 5.96 Å². The van der Waals surface area contributed by atoms with Crippen molar-refractivity contribution in [1.29, 1.82) is 0 Å². The summed E-state index contributed by atoms with van der Waals surface area (Å²) in [6.45, 7) is 7.22. The first kappa shape index (κ1) is 17.7. The van der Waals surface area contributed by atoms with Gasteiger partial charge in [-0.15, -0.1) is 0 Å². The van der Waals surface area contributed by atoms with Crippen molar-refractivity contribution in [3.63, 3.8) is 0 Å². The van der Waals surface area contributed by atoms with Crippen LogP contribution in [-0.4, -0.2) is 35.3 Å². The Kier molecular flexibility index (Phi) is 6.53. The number of benzene rings is 1. The van der Waals surface area contributed by atoms with Crippen LogP contribution >= 0.6 is 0 Å². The van der Waals surface area contributed by atoms with Crippen LogP contribution in [0.15, 0.2) is 33.8 Å². The second-order valence-corrected chi connectivity index (χ2v) is 5.19. The van der Waals surface area contributed by atoms with E-state index in [1.54, 1.807) is 19.1 Å². The maximum Gasteiger partial charge on any atom is 0.223 e. The zero-order valence-electron chi connectivity index (χ0n) is 14.0. The number of aryl methyl sites for hydroxylation is 1. The zero-order chi connectivity index (χ0) is 17.4. The molecule has 0 saturated carbocycles. The van der Waals surface area contributed by atoms with Gasteiger partial charge in [0.25, 0.3) is 0 Å². The third kappa shape index (κ3) is 5.86. The summed E-state index contributed by atoms with van der Waals surface area (Å²) in [6, 6.07) is 5.94. The summed E-state index contributed by atoms with van der Waals surface area (Å²) in [4.78, 5) is 8.50. The second-order valence-electron chi connectivity index (χ2n) is 5.19. The summed E-state index contributed by atoms with van der Waals surface area (Å²) in [6.07, 6.45) is -0.119. The molecule has 0 radical (unpaired) electrons. The van der Waals surface area contributed by atoms with Crippen LogP contribution in [0, 0.1) is 12.7 Å². The fraction of sp³-hybridized carbons (Fsp3) is 0.438. The van der Waals surface area contributed by atoms with Gasteiger partial charge >= 0.3 is 0 Å². The Hall–Kier alpha value is -2.64. The largest absolute Gasteiger partial charge is 0.489 e. The molecule has 1 aromatic carbocycles. The number of nitrogens with zero attached hydrogens (tertiary/aromatic N) is 3. The predicted octanol–water partition coefficient (Wildman–Crippen LogP) is 2.04. The van der Waals surface area contributed by atoms with Gasteiger partial charge in [0.05, 0.1) is 6.54 Å². The van der Waals surface area contributed by atoms with Crippen molar-refractivity contribution < 1.29 is 13.7 Å². The van der Waals surface area contributed by atoms with E-state index in [1.807, 2.05) is 13.8 Å². The van der Waals surface area contributed by atoms with Gasteiger partial charge in [0, 0.05) is 13.5 Å². The zero-order valence-corrected chi connectivity index (χ0v) is 14.0. The molecular formula is C16H22FN5O2. The molecule has 0 aliphatic heterocycles. The average Bonchev–Trinajstić information content (AvgIpc) is 2.98. The molecule has 0 fully saturated rings. The molecule has 8 heteroatoms. The maximum atomic E-state index is 12.9. The topological polar surface area (TPSA) is 84.6 Å². The van der Waals surface area contributed by atoms with Crippen LogP contribution in [-0.2, 0) is 6.54 Å². The number of rotatable bonds is 7. The quantitative estimate of drug-likeness (QED) is 0.595. The normalized spacial score (nSPS) is 12.8. The lowest BCUT2D eigenvalue weighted by Gasteiger charge is -2.17. The molecule has 0 spiro atoms. The first-order valence-electron chi connectivity index (χ1n) is 7.80. The summed E-state index contributed by atoms with van der Waals surface area (Å²) in [5.41, 5.74) is 0. The molecule has 0 saturated heterocycles. The number of guanidine groups is 1. The Morgan fingerprint density at radius 1 is 1.33 bits per heavy atom. The lowest BCUT2D eigenvalue weighted by molar-refractivity contribution is 0.223. The third-order valence-electron chi connectivity index (χ3n) is 3.00. The molecule has 1 unspecified atom stereocenters. The molecule has 0 bridgehead atoms. The molecule has 1 heterocycles. The van der Waals surface area contributed by atoms with E-state index in [2.05, 4.69) is 25.8 Å². The Morgan fingerprint density at radius 2 is 2.08 bits per heavy atom. The summed E-state index contributed by atoms with van der Waals surface area (Å²) in [7, 11) is 0. The van der Waals surface area contributed by atoms with E-state index in [4.69, 9.17) is 9.26 Å². The molecule has 2 rings (SSSR count). The minimum atomic E-state index is -0.286. The van der Waals surface area contributed by atoms with Crippen LogP contribution in [0.2, 0.25) is 0 Å². The van der Waals surface area contributed by atoms with E-state index in [9.17, 15) is 4.39 Å². The molecule has 7 nitrogen and oxygen atoms in total. The van der Waals surface area contributed by atoms with E-state index in [0.29, 0.717) is 36.5 Å². The number of aliphatic imine (C=N–C) groups is 1. The molecule has 1 atom stereocenters. The molecular weight excluding hydrogens is 313 g/mol. The van der Waals surface area contributed by atoms with Crippen LogP contribution < -0.4 is 15.4 Å². The van der Waals surface area contributed by atoms with Gasteiger partial charge < -0.3 is 19.9 Å². The first-order valence-corrected chi connectivity index (χ1v) is 7.80. The van der Waals surface area contributed by atoms with Crippen molar-refractivity contribution in [2.24, 2.45) is 4.99 Å². The van der Waals surface area contributed by atoms with Crippen molar-refractivity contribution in [2.45, 2.75) is 33.4 Å². The average molecular weight is 335 g/mol. The lowest BCUT2D eigenvalue weighted by atomic mass is 10.3. The van der Waals surface area contributed by atoms with E-state index in [-0.39, 0.29) is 11.9 Å². The molecule has 2 N–H and O–H groups in total. The van der Waals surface area contributed by atoms with Gasteiger partial charge in [-0.05, 0) is 38.1 Å². The molecule has 24 heavy (non-hydrogen) atoms. The van der Waals surface area contributed by atoms with Gasteiger partial charge in [-0.3, -0.25) is 0 Å². The number of halogens is 1. The standard InChI is InChI=1S/C16H22FN5O2/c1-4-18-16(20-10-15-21-12(3)24-22-15)19-9-11(2)23-14-7-5-13(17)6-8-14/h5-8,11H,4,9-10H2,1-3H3,(H2,18,19,20). The summed E-state index contributed by atoms with van der Waals surface area (Å²) in [5.74, 6) is 2.01. The number of hydrogen-bond acceptors (Lipinski definition) is 5. The number of aromatic nitrogens is 2. The van der Waals surface area contributed by atoms with Crippen molar-refractivity contribution in [3.05, 3.63) is 41.8 Å². The Balaban J connectivity index is 1.84. The van der Waals surface area contributed by atoms with Gasteiger partial charge in [-0.25, -0.2) is 9.38 Å². The summed E-state index contributed by atoms with van der Waals surface area (Å²) >= 11 is 0. The van der Waals surface area contributed by atoms with Gasteiger partial charge in [-0.1, -0.05) is 5.16 Å². The molecule has 0 aliphatic carbocycles. The number of nitrogens with one attached hydrogen (secondary N) is 2. The Labute approximate surface area is 140 Å². The highest BCUT2D eigenvalue weighted by molar-refractivity contribution is 5.79. The number of ether oxygens (including phenoxy) is 1. The van der Waals surface area contributed by atoms with Crippen molar-refractivity contribution in [3.8, 4) is 5.75 Å². The predicted molar refractivity (Wildman–Crippen MR) is 88.3 cm³/mol. The molecule has 130 valence electrons. The maximum absolute atomic E-state index is 12.9. The fourth-order valence-corrected chi connectivity index (χ4v) is 1.92. The van der Waals surface area contributed by atoms with E-state index < -0.39 is 0 Å². The van der Waals surface area contributed by atoms with E-state index in [1.165, 1.54) is 12.1 Å². The van der Waals surface area contributed by atoms with Crippen LogP contribution in [0.4, 0.5) is 4.39 Å². The second kappa shape index (κ2) is 8.85. The SMILES string of the molecule is CCNC(=NCc1noc(C)n1)NCC(C)Oc1ccc(F)cc1. The van der Waals surface area contributed by atoms with Gasteiger partial charge in [0.15, 0.2) is 11.8 Å². The minimum Gasteiger partial charge on any atom is -0.489 e. The van der Waals surface area contributed by atoms with Gasteiger partial charge in [-0.2, -0.15) is 4.98 Å². The molecule has 1 aromatic heterocycles. The fourth-order valence-electron chi connectivity index (χ4n) is 1.92. The molecule has 0 amide bonds. The highest BCUT2D eigenvalue weighted by Crippen LogP contribution is 2.12. The Bertz CT molecular complexity index is 657. The minimum absolute atomic E-state index is 0.119. The Morgan fingerprint density at radius 3 is 2.71 bits per heavy atom. The third-order valence-corrected chi connectivity index (χ3v) is 3.00. The van der Waals surface area contributed by atoms with Crippen molar-refractivity contribution in [1.82, 2.24) is 20.8 Å². The monoisotopic (exact) mass is 335 g/mol.